The molecule has 0 amide bonds. The SMILES string of the molecule is CC(=O)O.C[C@H](CS(=O)(=O)c1ccccc1)C(C)(C)O. The van der Waals surface area contributed by atoms with Crippen LogP contribution < -0.4 is 0 Å². The number of sulfone groups is 1. The van der Waals surface area contributed by atoms with E-state index in [-0.39, 0.29) is 11.7 Å². The van der Waals surface area contributed by atoms with Crippen LogP contribution in [0.25, 0.3) is 0 Å². The first-order valence-corrected chi connectivity index (χ1v) is 7.81. The van der Waals surface area contributed by atoms with Crippen LogP contribution in [0, 0.1) is 5.92 Å². The van der Waals surface area contributed by atoms with Crippen molar-refractivity contribution >= 4 is 15.8 Å². The summed E-state index contributed by atoms with van der Waals surface area (Å²) >= 11 is 0. The average Bonchev–Trinajstić information content (AvgIpc) is 2.27. The summed E-state index contributed by atoms with van der Waals surface area (Å²) in [6.07, 6.45) is 0. The normalized spacial score (nSPS) is 13.1. The molecule has 6 heteroatoms. The van der Waals surface area contributed by atoms with Gasteiger partial charge in [0.2, 0.25) is 0 Å². The van der Waals surface area contributed by atoms with E-state index in [9.17, 15) is 13.5 Å². The van der Waals surface area contributed by atoms with Crippen molar-refractivity contribution in [3.8, 4) is 0 Å². The van der Waals surface area contributed by atoms with Crippen LogP contribution in [0.15, 0.2) is 35.2 Å². The highest BCUT2D eigenvalue weighted by molar-refractivity contribution is 7.91. The van der Waals surface area contributed by atoms with E-state index in [1.54, 1.807) is 51.1 Å². The molecule has 5 nitrogen and oxygen atoms in total. The van der Waals surface area contributed by atoms with Crippen LogP contribution in [0.4, 0.5) is 0 Å². The van der Waals surface area contributed by atoms with Gasteiger partial charge in [0.05, 0.1) is 16.2 Å². The maximum absolute atomic E-state index is 12.0. The topological polar surface area (TPSA) is 91.7 Å². The fraction of sp³-hybridized carbons (Fsp3) is 0.500. The minimum Gasteiger partial charge on any atom is -0.481 e. The number of carboxylic acids is 1. The first-order valence-electron chi connectivity index (χ1n) is 6.16. The highest BCUT2D eigenvalue weighted by Crippen LogP contribution is 2.21. The predicted molar refractivity (Wildman–Crippen MR) is 77.3 cm³/mol. The lowest BCUT2D eigenvalue weighted by molar-refractivity contribution is -0.134. The largest absolute Gasteiger partial charge is 0.481 e. The summed E-state index contributed by atoms with van der Waals surface area (Å²) in [6, 6.07) is 8.32. The molecule has 0 heterocycles. The second kappa shape index (κ2) is 7.40. The summed E-state index contributed by atoms with van der Waals surface area (Å²) in [5, 5.41) is 17.1. The van der Waals surface area contributed by atoms with Crippen LogP contribution in [0.1, 0.15) is 27.7 Å². The quantitative estimate of drug-likeness (QED) is 0.887. The molecule has 0 spiro atoms. The fourth-order valence-corrected chi connectivity index (χ4v) is 3.09. The minimum atomic E-state index is -3.30. The second-order valence-electron chi connectivity index (χ2n) is 5.17. The third-order valence-corrected chi connectivity index (χ3v) is 4.71. The number of rotatable bonds is 4. The number of aliphatic carboxylic acids is 1. The smallest absolute Gasteiger partial charge is 0.300 e. The molecule has 0 bridgehead atoms. The number of benzene rings is 1. The van der Waals surface area contributed by atoms with Crippen LogP contribution in [0.5, 0.6) is 0 Å². The van der Waals surface area contributed by atoms with Gasteiger partial charge < -0.3 is 10.2 Å². The molecule has 0 fully saturated rings. The summed E-state index contributed by atoms with van der Waals surface area (Å²) in [5.41, 5.74) is -0.984. The lowest BCUT2D eigenvalue weighted by Gasteiger charge is -2.25. The Morgan fingerprint density at radius 3 is 2.00 bits per heavy atom. The van der Waals surface area contributed by atoms with E-state index >= 15 is 0 Å². The van der Waals surface area contributed by atoms with Crippen LogP contribution in [0.2, 0.25) is 0 Å². The van der Waals surface area contributed by atoms with E-state index in [1.807, 2.05) is 0 Å². The summed E-state index contributed by atoms with van der Waals surface area (Å²) in [4.78, 5) is 9.31. The Morgan fingerprint density at radius 2 is 1.65 bits per heavy atom. The van der Waals surface area contributed by atoms with Gasteiger partial charge in [0, 0.05) is 6.92 Å². The van der Waals surface area contributed by atoms with Gasteiger partial charge in [-0.25, -0.2) is 8.42 Å². The molecule has 1 rings (SSSR count). The Balaban J connectivity index is 0.000000796. The van der Waals surface area contributed by atoms with E-state index < -0.39 is 21.4 Å². The molecule has 20 heavy (non-hydrogen) atoms. The molecule has 0 aliphatic carbocycles. The molecule has 1 aromatic carbocycles. The Bertz CT molecular complexity index is 510. The van der Waals surface area contributed by atoms with E-state index in [0.29, 0.717) is 4.90 Å². The number of carboxylic acid groups (broad SMARTS) is 1. The van der Waals surface area contributed by atoms with Crippen LogP contribution >= 0.6 is 0 Å². The van der Waals surface area contributed by atoms with E-state index in [2.05, 4.69) is 0 Å². The van der Waals surface area contributed by atoms with Gasteiger partial charge in [-0.3, -0.25) is 4.79 Å². The molecule has 0 radical (unpaired) electrons. The molecule has 1 aromatic rings. The van der Waals surface area contributed by atoms with Gasteiger partial charge in [-0.05, 0) is 31.9 Å². The predicted octanol–water partition coefficient (Wildman–Crippen LogP) is 1.96. The molecule has 0 saturated carbocycles. The van der Waals surface area contributed by atoms with Crippen molar-refractivity contribution in [2.45, 2.75) is 38.2 Å². The third-order valence-electron chi connectivity index (χ3n) is 2.78. The van der Waals surface area contributed by atoms with Gasteiger partial charge in [0.25, 0.3) is 5.97 Å². The number of carbonyl (C=O) groups is 1. The van der Waals surface area contributed by atoms with Gasteiger partial charge in [-0.15, -0.1) is 0 Å². The molecule has 1 atom stereocenters. The molecule has 2 N–H and O–H groups in total. The van der Waals surface area contributed by atoms with Crippen LogP contribution in [0.3, 0.4) is 0 Å². The monoisotopic (exact) mass is 302 g/mol. The highest BCUT2D eigenvalue weighted by atomic mass is 32.2. The molecule has 0 aromatic heterocycles. The first kappa shape index (κ1) is 18.6. The summed E-state index contributed by atoms with van der Waals surface area (Å²) in [5.74, 6) is -1.18. The molecule has 114 valence electrons. The van der Waals surface area contributed by atoms with Gasteiger partial charge in [-0.2, -0.15) is 0 Å². The third kappa shape index (κ3) is 7.25. The average molecular weight is 302 g/mol. The molecule has 0 aliphatic rings. The molecular formula is C14H22O5S. The Labute approximate surface area is 120 Å². The Morgan fingerprint density at radius 1 is 1.25 bits per heavy atom. The number of hydrogen-bond donors (Lipinski definition) is 2. The number of hydrogen-bond acceptors (Lipinski definition) is 4. The van der Waals surface area contributed by atoms with Crippen molar-refractivity contribution in [3.05, 3.63) is 30.3 Å². The van der Waals surface area contributed by atoms with Crippen molar-refractivity contribution in [2.75, 3.05) is 5.75 Å². The van der Waals surface area contributed by atoms with E-state index in [1.165, 1.54) is 0 Å². The molecule has 0 saturated heterocycles. The van der Waals surface area contributed by atoms with Crippen molar-refractivity contribution in [1.82, 2.24) is 0 Å². The van der Waals surface area contributed by atoms with Gasteiger partial charge >= 0.3 is 0 Å². The summed E-state index contributed by atoms with van der Waals surface area (Å²) in [6.45, 7) is 6.07. The van der Waals surface area contributed by atoms with Crippen LogP contribution in [-0.2, 0) is 14.6 Å². The second-order valence-corrected chi connectivity index (χ2v) is 7.20. The standard InChI is InChI=1S/C12H18O3S.C2H4O2/c1-10(12(2,3)13)9-16(14,15)11-7-5-4-6-8-11;1-2(3)4/h4-8,10,13H,9H2,1-3H3;1H3,(H,3,4)/t10-;/m1./s1. The van der Waals surface area contributed by atoms with Gasteiger partial charge in [0.1, 0.15) is 0 Å². The molecule has 0 aliphatic heterocycles. The zero-order valence-electron chi connectivity index (χ0n) is 12.2. The van der Waals surface area contributed by atoms with E-state index in [4.69, 9.17) is 9.90 Å². The lowest BCUT2D eigenvalue weighted by atomic mass is 9.95. The van der Waals surface area contributed by atoms with Crippen molar-refractivity contribution < 1.29 is 23.4 Å². The Hall–Kier alpha value is -1.40. The highest BCUT2D eigenvalue weighted by Gasteiger charge is 2.28. The number of aliphatic hydroxyl groups is 1. The lowest BCUT2D eigenvalue weighted by Crippen LogP contribution is -2.33. The summed E-state index contributed by atoms with van der Waals surface area (Å²) in [7, 11) is -3.30. The van der Waals surface area contributed by atoms with Crippen LogP contribution in [-0.4, -0.2) is 36.0 Å². The molecule has 0 unspecified atom stereocenters. The van der Waals surface area contributed by atoms with Crippen molar-refractivity contribution in [2.24, 2.45) is 5.92 Å². The Kier molecular flexibility index (Phi) is 6.88. The van der Waals surface area contributed by atoms with Crippen molar-refractivity contribution in [3.63, 3.8) is 0 Å². The zero-order chi connectivity index (χ0) is 16.0. The maximum Gasteiger partial charge on any atom is 0.300 e. The fourth-order valence-electron chi connectivity index (χ4n) is 1.26. The minimum absolute atomic E-state index is 0.0412. The summed E-state index contributed by atoms with van der Waals surface area (Å²) < 4.78 is 24.0. The van der Waals surface area contributed by atoms with Gasteiger partial charge in [-0.1, -0.05) is 25.1 Å². The molecular weight excluding hydrogens is 280 g/mol. The maximum atomic E-state index is 12.0. The van der Waals surface area contributed by atoms with Crippen molar-refractivity contribution in [1.29, 1.82) is 0 Å². The van der Waals surface area contributed by atoms with E-state index in [0.717, 1.165) is 6.92 Å². The first-order chi connectivity index (χ1) is 8.97. The zero-order valence-corrected chi connectivity index (χ0v) is 13.0. The van der Waals surface area contributed by atoms with Gasteiger partial charge in [0.15, 0.2) is 9.84 Å².